The summed E-state index contributed by atoms with van der Waals surface area (Å²) < 4.78 is 0. The predicted octanol–water partition coefficient (Wildman–Crippen LogP) is 3.08. The SMILES string of the molecule is C=Cc1cc(C#N)cc(C2CC2)c1. The molecule has 1 heteroatoms. The van der Waals surface area contributed by atoms with Crippen LogP contribution >= 0.6 is 0 Å². The normalized spacial score (nSPS) is 15.0. The molecule has 1 aromatic carbocycles. The van der Waals surface area contributed by atoms with Crippen molar-refractivity contribution >= 4 is 6.08 Å². The van der Waals surface area contributed by atoms with Gasteiger partial charge in [0.15, 0.2) is 0 Å². The second-order valence-electron chi connectivity index (χ2n) is 3.48. The zero-order valence-electron chi connectivity index (χ0n) is 7.46. The maximum atomic E-state index is 8.80. The first-order valence-electron chi connectivity index (χ1n) is 4.51. The number of benzene rings is 1. The van der Waals surface area contributed by atoms with Crippen molar-refractivity contribution in [2.45, 2.75) is 18.8 Å². The van der Waals surface area contributed by atoms with E-state index in [1.165, 1.54) is 18.4 Å². The molecule has 0 saturated heterocycles. The van der Waals surface area contributed by atoms with Gasteiger partial charge in [0.2, 0.25) is 0 Å². The monoisotopic (exact) mass is 169 g/mol. The number of rotatable bonds is 2. The highest BCUT2D eigenvalue weighted by Crippen LogP contribution is 2.40. The lowest BCUT2D eigenvalue weighted by atomic mass is 10.0. The van der Waals surface area contributed by atoms with Crippen molar-refractivity contribution in [3.05, 3.63) is 41.5 Å². The van der Waals surface area contributed by atoms with Gasteiger partial charge < -0.3 is 0 Å². The molecule has 1 nitrogen and oxygen atoms in total. The standard InChI is InChI=1S/C12H11N/c1-2-9-5-10(8-13)7-12(6-9)11-3-4-11/h2,5-7,11H,1,3-4H2. The van der Waals surface area contributed by atoms with Gasteiger partial charge in [-0.3, -0.25) is 0 Å². The molecule has 0 atom stereocenters. The van der Waals surface area contributed by atoms with E-state index in [2.05, 4.69) is 18.7 Å². The summed E-state index contributed by atoms with van der Waals surface area (Å²) in [6.07, 6.45) is 4.34. The second-order valence-corrected chi connectivity index (χ2v) is 3.48. The lowest BCUT2D eigenvalue weighted by molar-refractivity contribution is 1.13. The molecule has 1 fully saturated rings. The molecule has 0 aromatic heterocycles. The first-order chi connectivity index (χ1) is 6.33. The van der Waals surface area contributed by atoms with E-state index in [0.717, 1.165) is 11.1 Å². The van der Waals surface area contributed by atoms with E-state index < -0.39 is 0 Å². The smallest absolute Gasteiger partial charge is 0.0991 e. The van der Waals surface area contributed by atoms with Crippen molar-refractivity contribution in [3.8, 4) is 6.07 Å². The lowest BCUT2D eigenvalue weighted by Crippen LogP contribution is -1.84. The Balaban J connectivity index is 2.45. The summed E-state index contributed by atoms with van der Waals surface area (Å²) in [6.45, 7) is 3.72. The average Bonchev–Trinajstić information content (AvgIpc) is 3.00. The topological polar surface area (TPSA) is 23.8 Å². The molecule has 13 heavy (non-hydrogen) atoms. The molecule has 1 aromatic rings. The van der Waals surface area contributed by atoms with E-state index in [9.17, 15) is 0 Å². The largest absolute Gasteiger partial charge is 0.192 e. The van der Waals surface area contributed by atoms with Crippen LogP contribution in [0.2, 0.25) is 0 Å². The van der Waals surface area contributed by atoms with E-state index >= 15 is 0 Å². The molecule has 1 aliphatic rings. The Hall–Kier alpha value is -1.55. The summed E-state index contributed by atoms with van der Waals surface area (Å²) in [4.78, 5) is 0. The summed E-state index contributed by atoms with van der Waals surface area (Å²) in [5.41, 5.74) is 3.11. The quantitative estimate of drug-likeness (QED) is 0.667. The Morgan fingerprint density at radius 2 is 2.15 bits per heavy atom. The van der Waals surface area contributed by atoms with Gasteiger partial charge in [-0.1, -0.05) is 18.7 Å². The molecule has 0 heterocycles. The van der Waals surface area contributed by atoms with Crippen molar-refractivity contribution < 1.29 is 0 Å². The summed E-state index contributed by atoms with van der Waals surface area (Å²) in [6, 6.07) is 8.17. The van der Waals surface area contributed by atoms with Gasteiger partial charge in [-0.25, -0.2) is 0 Å². The number of nitriles is 1. The molecule has 1 aliphatic carbocycles. The van der Waals surface area contributed by atoms with Crippen molar-refractivity contribution in [1.29, 1.82) is 5.26 Å². The predicted molar refractivity (Wildman–Crippen MR) is 53.2 cm³/mol. The average molecular weight is 169 g/mol. The van der Waals surface area contributed by atoms with Gasteiger partial charge in [0.1, 0.15) is 0 Å². The van der Waals surface area contributed by atoms with Gasteiger partial charge in [-0.05, 0) is 42.0 Å². The van der Waals surface area contributed by atoms with E-state index in [0.29, 0.717) is 5.92 Å². The Morgan fingerprint density at radius 1 is 1.38 bits per heavy atom. The zero-order chi connectivity index (χ0) is 9.26. The molecule has 0 spiro atoms. The van der Waals surface area contributed by atoms with Crippen LogP contribution in [0, 0.1) is 11.3 Å². The van der Waals surface area contributed by atoms with Crippen LogP contribution in [0.25, 0.3) is 6.08 Å². The van der Waals surface area contributed by atoms with E-state index in [1.54, 1.807) is 6.08 Å². The highest BCUT2D eigenvalue weighted by atomic mass is 14.3. The summed E-state index contributed by atoms with van der Waals surface area (Å²) in [7, 11) is 0. The van der Waals surface area contributed by atoms with Crippen LogP contribution in [-0.2, 0) is 0 Å². The van der Waals surface area contributed by atoms with Crippen LogP contribution in [0.4, 0.5) is 0 Å². The molecule has 0 amide bonds. The third-order valence-electron chi connectivity index (χ3n) is 2.39. The minimum absolute atomic E-state index is 0.701. The van der Waals surface area contributed by atoms with Crippen molar-refractivity contribution in [2.75, 3.05) is 0 Å². The van der Waals surface area contributed by atoms with Gasteiger partial charge in [-0.15, -0.1) is 0 Å². The minimum Gasteiger partial charge on any atom is -0.192 e. The molecule has 0 N–H and O–H groups in total. The molecule has 0 radical (unpaired) electrons. The Bertz CT molecular complexity index is 381. The number of hydrogen-bond donors (Lipinski definition) is 0. The molecule has 0 bridgehead atoms. The van der Waals surface area contributed by atoms with Gasteiger partial charge in [-0.2, -0.15) is 5.26 Å². The zero-order valence-corrected chi connectivity index (χ0v) is 7.46. The van der Waals surface area contributed by atoms with Gasteiger partial charge >= 0.3 is 0 Å². The minimum atomic E-state index is 0.701. The fourth-order valence-electron chi connectivity index (χ4n) is 1.51. The summed E-state index contributed by atoms with van der Waals surface area (Å²) in [5, 5.41) is 8.80. The molecule has 0 aliphatic heterocycles. The first-order valence-corrected chi connectivity index (χ1v) is 4.51. The molecule has 64 valence electrons. The molecule has 1 saturated carbocycles. The van der Waals surface area contributed by atoms with Crippen LogP contribution < -0.4 is 0 Å². The third kappa shape index (κ3) is 1.62. The van der Waals surface area contributed by atoms with Gasteiger partial charge in [0, 0.05) is 0 Å². The molecule has 2 rings (SSSR count). The Kier molecular flexibility index (Phi) is 1.90. The highest BCUT2D eigenvalue weighted by Gasteiger charge is 2.23. The van der Waals surface area contributed by atoms with E-state index in [4.69, 9.17) is 5.26 Å². The summed E-state index contributed by atoms with van der Waals surface area (Å²) in [5.74, 6) is 0.701. The van der Waals surface area contributed by atoms with Crippen LogP contribution in [-0.4, -0.2) is 0 Å². The Morgan fingerprint density at radius 3 is 2.69 bits per heavy atom. The number of nitrogens with zero attached hydrogens (tertiary/aromatic N) is 1. The van der Waals surface area contributed by atoms with Crippen LogP contribution in [0.1, 0.15) is 35.4 Å². The molecular weight excluding hydrogens is 158 g/mol. The van der Waals surface area contributed by atoms with Crippen LogP contribution in [0.5, 0.6) is 0 Å². The molecule has 0 unspecified atom stereocenters. The van der Waals surface area contributed by atoms with Gasteiger partial charge in [0.05, 0.1) is 11.6 Å². The van der Waals surface area contributed by atoms with E-state index in [1.807, 2.05) is 12.1 Å². The second kappa shape index (κ2) is 3.06. The highest BCUT2D eigenvalue weighted by molar-refractivity contribution is 5.53. The fourth-order valence-corrected chi connectivity index (χ4v) is 1.51. The summed E-state index contributed by atoms with van der Waals surface area (Å²) >= 11 is 0. The maximum Gasteiger partial charge on any atom is 0.0991 e. The van der Waals surface area contributed by atoms with Crippen molar-refractivity contribution in [2.24, 2.45) is 0 Å². The third-order valence-corrected chi connectivity index (χ3v) is 2.39. The van der Waals surface area contributed by atoms with Crippen molar-refractivity contribution in [1.82, 2.24) is 0 Å². The molecular formula is C12H11N. The van der Waals surface area contributed by atoms with Crippen LogP contribution in [0.3, 0.4) is 0 Å². The maximum absolute atomic E-state index is 8.80. The van der Waals surface area contributed by atoms with Crippen molar-refractivity contribution in [3.63, 3.8) is 0 Å². The van der Waals surface area contributed by atoms with E-state index in [-0.39, 0.29) is 0 Å². The first kappa shape index (κ1) is 8.07. The van der Waals surface area contributed by atoms with Gasteiger partial charge in [0.25, 0.3) is 0 Å². The Labute approximate surface area is 78.3 Å². The lowest BCUT2D eigenvalue weighted by Gasteiger charge is -2.01. The number of hydrogen-bond acceptors (Lipinski definition) is 1. The fraction of sp³-hybridized carbons (Fsp3) is 0.250. The van der Waals surface area contributed by atoms with Crippen LogP contribution in [0.15, 0.2) is 24.8 Å².